The standard InChI is InChI=1S/C40H57N3O9/c1-3-5-7-18-39(19-8-6-4-2)50-33-31-24-40(38(47)42-20-17-32(45)41-21-22-44)35(37(46)49-31)43(52-36(40)34(33)51-39)25-28-13-10-26(11-14-28)9-12-27-15-16-29-30(23-27)48-29/h9-14,27,29-31,33-36,44H,3-8,15-25H2,1-2H3,(H,41,45)(H,42,47)/t27?,29?,30?,31?,33-,34-,35-,36+,40?/m0/s1. The molecule has 52 heavy (non-hydrogen) atoms. The molecule has 7 rings (SSSR count). The number of epoxide rings is 1. The quantitative estimate of drug-likeness (QED) is 0.114. The number of ether oxygens (including phenoxy) is 4. The first-order valence-corrected chi connectivity index (χ1v) is 19.9. The Kier molecular flexibility index (Phi) is 11.7. The molecular formula is C40H57N3O9. The molecule has 4 heterocycles. The number of benzene rings is 1. The van der Waals surface area contributed by atoms with Crippen LogP contribution in [0.3, 0.4) is 0 Å². The van der Waals surface area contributed by atoms with E-state index >= 15 is 0 Å². The second-order valence-corrected chi connectivity index (χ2v) is 15.7. The van der Waals surface area contributed by atoms with Crippen molar-refractivity contribution in [2.45, 2.75) is 152 Å². The van der Waals surface area contributed by atoms with Gasteiger partial charge in [-0.25, -0.2) is 0 Å². The Morgan fingerprint density at radius 3 is 2.40 bits per heavy atom. The van der Waals surface area contributed by atoms with Gasteiger partial charge in [0.2, 0.25) is 11.8 Å². The number of hydrogen-bond donors (Lipinski definition) is 3. The number of rotatable bonds is 18. The maximum absolute atomic E-state index is 14.5. The van der Waals surface area contributed by atoms with Gasteiger partial charge in [-0.2, -0.15) is 5.06 Å². The smallest absolute Gasteiger partial charge is 0.327 e. The van der Waals surface area contributed by atoms with Gasteiger partial charge >= 0.3 is 5.97 Å². The van der Waals surface area contributed by atoms with Crippen molar-refractivity contribution in [3.63, 3.8) is 0 Å². The molecular weight excluding hydrogens is 666 g/mol. The average Bonchev–Trinajstić information content (AvgIpc) is 3.69. The Morgan fingerprint density at radius 1 is 0.942 bits per heavy atom. The zero-order valence-electron chi connectivity index (χ0n) is 30.8. The number of esters is 1. The van der Waals surface area contributed by atoms with E-state index in [9.17, 15) is 14.4 Å². The maximum atomic E-state index is 14.5. The molecule has 0 aromatic heterocycles. The summed E-state index contributed by atoms with van der Waals surface area (Å²) >= 11 is 0. The van der Waals surface area contributed by atoms with Crippen molar-refractivity contribution in [1.29, 1.82) is 0 Å². The molecule has 2 bridgehead atoms. The summed E-state index contributed by atoms with van der Waals surface area (Å²) in [5.74, 6) is -1.46. The number of aliphatic hydroxyl groups is 1. The van der Waals surface area contributed by atoms with Crippen molar-refractivity contribution in [3.8, 4) is 0 Å². The molecule has 1 aromatic carbocycles. The van der Waals surface area contributed by atoms with Gasteiger partial charge in [0.25, 0.3) is 0 Å². The third-order valence-corrected chi connectivity index (χ3v) is 12.0. The molecule has 5 unspecified atom stereocenters. The van der Waals surface area contributed by atoms with Gasteiger partial charge < -0.3 is 34.7 Å². The van der Waals surface area contributed by atoms with Crippen molar-refractivity contribution >= 4 is 23.9 Å². The summed E-state index contributed by atoms with van der Waals surface area (Å²) in [7, 11) is 0. The monoisotopic (exact) mass is 723 g/mol. The van der Waals surface area contributed by atoms with Crippen LogP contribution in [0.5, 0.6) is 0 Å². The van der Waals surface area contributed by atoms with E-state index in [1.54, 1.807) is 5.06 Å². The Labute approximate surface area is 307 Å². The minimum atomic E-state index is -1.30. The summed E-state index contributed by atoms with van der Waals surface area (Å²) in [4.78, 5) is 47.5. The van der Waals surface area contributed by atoms with Crippen LogP contribution in [0.15, 0.2) is 30.3 Å². The van der Waals surface area contributed by atoms with Gasteiger partial charge in [0, 0.05) is 38.8 Å². The van der Waals surface area contributed by atoms with Gasteiger partial charge in [0.05, 0.1) is 25.4 Å². The molecule has 4 aliphatic heterocycles. The molecule has 2 amide bonds. The van der Waals surface area contributed by atoms with Gasteiger partial charge in [-0.3, -0.25) is 19.2 Å². The molecule has 3 N–H and O–H groups in total. The predicted molar refractivity (Wildman–Crippen MR) is 191 cm³/mol. The van der Waals surface area contributed by atoms with Crippen LogP contribution < -0.4 is 10.6 Å². The normalized spacial score (nSPS) is 34.1. The van der Waals surface area contributed by atoms with Gasteiger partial charge in [-0.05, 0) is 49.1 Å². The number of allylic oxidation sites excluding steroid dienone is 1. The number of unbranched alkanes of at least 4 members (excludes halogenated alkanes) is 4. The number of carbonyl (C=O) groups excluding carboxylic acids is 3. The SMILES string of the molecule is CCCCCC1(CCCCC)O[C@@H]2[C@H]3ON(Cc4ccc(C=CC5CCC6OC6C5)cc4)[C@H]4C(=O)OC(CC34C(=O)NCCC(=O)NCCO)[C@@H]2O1. The number of nitrogens with zero attached hydrogens (tertiary/aromatic N) is 1. The molecule has 0 radical (unpaired) electrons. The van der Waals surface area contributed by atoms with Crippen LogP contribution in [0.25, 0.3) is 6.08 Å². The largest absolute Gasteiger partial charge is 0.458 e. The fourth-order valence-electron chi connectivity index (χ4n) is 9.21. The minimum Gasteiger partial charge on any atom is -0.458 e. The summed E-state index contributed by atoms with van der Waals surface area (Å²) < 4.78 is 25.6. The van der Waals surface area contributed by atoms with Crippen molar-refractivity contribution in [2.75, 3.05) is 19.7 Å². The first kappa shape index (κ1) is 37.4. The number of hydroxylamine groups is 2. The van der Waals surface area contributed by atoms with Gasteiger partial charge in [0.1, 0.15) is 29.8 Å². The average molecular weight is 724 g/mol. The van der Waals surface area contributed by atoms with E-state index in [1.165, 1.54) is 0 Å². The van der Waals surface area contributed by atoms with E-state index in [2.05, 4.69) is 48.8 Å². The number of amides is 2. The summed E-state index contributed by atoms with van der Waals surface area (Å²) in [5.41, 5.74) is 0.726. The summed E-state index contributed by atoms with van der Waals surface area (Å²) in [6.07, 6.45) is 14.0. The molecule has 1 aromatic rings. The Morgan fingerprint density at radius 2 is 1.69 bits per heavy atom. The highest BCUT2D eigenvalue weighted by atomic mass is 16.8. The molecule has 12 nitrogen and oxygen atoms in total. The molecule has 286 valence electrons. The van der Waals surface area contributed by atoms with Crippen molar-refractivity contribution in [1.82, 2.24) is 15.7 Å². The zero-order chi connectivity index (χ0) is 36.3. The fraction of sp³-hybridized carbons (Fsp3) is 0.725. The lowest BCUT2D eigenvalue weighted by atomic mass is 9.62. The Hall–Kier alpha value is -2.87. The van der Waals surface area contributed by atoms with Gasteiger partial charge in [-0.1, -0.05) is 75.9 Å². The van der Waals surface area contributed by atoms with Crippen LogP contribution in [0.4, 0.5) is 0 Å². The molecule has 4 saturated heterocycles. The lowest BCUT2D eigenvalue weighted by Gasteiger charge is -2.48. The highest BCUT2D eigenvalue weighted by Crippen LogP contribution is 2.58. The van der Waals surface area contributed by atoms with Crippen molar-refractivity contribution in [2.24, 2.45) is 11.3 Å². The van der Waals surface area contributed by atoms with Crippen LogP contribution in [-0.2, 0) is 44.7 Å². The van der Waals surface area contributed by atoms with Crippen LogP contribution in [0, 0.1) is 11.3 Å². The predicted octanol–water partition coefficient (Wildman–Crippen LogP) is 4.32. The van der Waals surface area contributed by atoms with E-state index < -0.39 is 47.6 Å². The molecule has 6 fully saturated rings. The summed E-state index contributed by atoms with van der Waals surface area (Å²) in [6, 6.07) is 7.20. The molecule has 2 saturated carbocycles. The fourth-order valence-corrected chi connectivity index (χ4v) is 9.21. The lowest BCUT2D eigenvalue weighted by molar-refractivity contribution is -0.224. The molecule has 6 aliphatic rings. The van der Waals surface area contributed by atoms with E-state index in [0.29, 0.717) is 18.1 Å². The number of aliphatic hydroxyl groups excluding tert-OH is 1. The molecule has 0 spiro atoms. The number of hydrogen-bond acceptors (Lipinski definition) is 10. The second kappa shape index (κ2) is 16.2. The lowest BCUT2D eigenvalue weighted by Crippen LogP contribution is -2.69. The Bertz CT molecular complexity index is 1440. The Balaban J connectivity index is 1.12. The minimum absolute atomic E-state index is 0.0374. The van der Waals surface area contributed by atoms with Crippen LogP contribution in [-0.4, -0.2) is 96.1 Å². The molecule has 2 aliphatic carbocycles. The first-order chi connectivity index (χ1) is 25.3. The first-order valence-electron chi connectivity index (χ1n) is 19.9. The second-order valence-electron chi connectivity index (χ2n) is 15.7. The topological polar surface area (TPSA) is 148 Å². The maximum Gasteiger partial charge on any atom is 0.327 e. The number of fused-ring (bicyclic) bond motifs is 5. The van der Waals surface area contributed by atoms with E-state index in [-0.39, 0.29) is 50.9 Å². The van der Waals surface area contributed by atoms with Crippen molar-refractivity contribution in [3.05, 3.63) is 41.5 Å². The summed E-state index contributed by atoms with van der Waals surface area (Å²) in [6.45, 7) is 4.65. The molecule has 12 heteroatoms. The van der Waals surface area contributed by atoms with Crippen LogP contribution in [0.1, 0.15) is 108 Å². The van der Waals surface area contributed by atoms with Crippen LogP contribution in [0.2, 0.25) is 0 Å². The third-order valence-electron chi connectivity index (χ3n) is 12.0. The van der Waals surface area contributed by atoms with Gasteiger partial charge in [-0.15, -0.1) is 0 Å². The number of carbonyl (C=O) groups is 3. The van der Waals surface area contributed by atoms with E-state index in [0.717, 1.165) is 81.8 Å². The highest BCUT2D eigenvalue weighted by molar-refractivity contribution is 5.93. The summed E-state index contributed by atoms with van der Waals surface area (Å²) in [5, 5.41) is 16.3. The molecule has 9 atom stereocenters. The third kappa shape index (κ3) is 7.70. The van der Waals surface area contributed by atoms with E-state index in [4.69, 9.17) is 28.9 Å². The highest BCUT2D eigenvalue weighted by Gasteiger charge is 2.76. The number of nitrogens with one attached hydrogen (secondary N) is 2. The van der Waals surface area contributed by atoms with E-state index in [1.807, 2.05) is 12.1 Å². The zero-order valence-corrected chi connectivity index (χ0v) is 30.8. The van der Waals surface area contributed by atoms with Gasteiger partial charge in [0.15, 0.2) is 11.8 Å². The van der Waals surface area contributed by atoms with Crippen molar-refractivity contribution < 1.29 is 43.3 Å². The van der Waals surface area contributed by atoms with Crippen LogP contribution >= 0.6 is 0 Å².